The summed E-state index contributed by atoms with van der Waals surface area (Å²) in [4.78, 5) is 23.7. The predicted octanol–water partition coefficient (Wildman–Crippen LogP) is 2.57. The lowest BCUT2D eigenvalue weighted by Crippen LogP contribution is -2.37. The molecule has 0 bridgehead atoms. The molecule has 116 valence electrons. The van der Waals surface area contributed by atoms with Crippen molar-refractivity contribution in [3.8, 4) is 0 Å². The molecule has 0 fully saturated rings. The standard InChI is InChI=1S/C16H24N2O3/c1-4-5-10-21-14(19)12-6-8-13(9-7-12)18-15(20)16(2,3)11-17/h6-9H,4-5,10-11,17H2,1-3H3,(H,18,20). The van der Waals surface area contributed by atoms with E-state index in [4.69, 9.17) is 10.5 Å². The van der Waals surface area contributed by atoms with Crippen molar-refractivity contribution in [3.05, 3.63) is 29.8 Å². The molecule has 0 atom stereocenters. The minimum Gasteiger partial charge on any atom is -0.462 e. The Morgan fingerprint density at radius 1 is 1.24 bits per heavy atom. The van der Waals surface area contributed by atoms with Crippen LogP contribution in [0.3, 0.4) is 0 Å². The van der Waals surface area contributed by atoms with Crippen molar-refractivity contribution in [1.82, 2.24) is 0 Å². The summed E-state index contributed by atoms with van der Waals surface area (Å²) in [6.45, 7) is 6.29. The number of carbonyl (C=O) groups is 2. The Morgan fingerprint density at radius 3 is 2.38 bits per heavy atom. The van der Waals surface area contributed by atoms with E-state index in [0.717, 1.165) is 12.8 Å². The molecule has 5 heteroatoms. The highest BCUT2D eigenvalue weighted by Crippen LogP contribution is 2.17. The maximum Gasteiger partial charge on any atom is 0.338 e. The molecule has 0 spiro atoms. The Kier molecular flexibility index (Phi) is 6.37. The number of amides is 1. The number of benzene rings is 1. The van der Waals surface area contributed by atoms with Gasteiger partial charge in [0, 0.05) is 12.2 Å². The summed E-state index contributed by atoms with van der Waals surface area (Å²) in [5.74, 6) is -0.494. The largest absolute Gasteiger partial charge is 0.462 e. The van der Waals surface area contributed by atoms with E-state index in [9.17, 15) is 9.59 Å². The van der Waals surface area contributed by atoms with Gasteiger partial charge in [-0.05, 0) is 44.5 Å². The van der Waals surface area contributed by atoms with E-state index in [1.54, 1.807) is 38.1 Å². The number of anilines is 1. The van der Waals surface area contributed by atoms with Crippen LogP contribution >= 0.6 is 0 Å². The van der Waals surface area contributed by atoms with Crippen molar-refractivity contribution in [1.29, 1.82) is 0 Å². The summed E-state index contributed by atoms with van der Waals surface area (Å²) in [7, 11) is 0. The molecule has 21 heavy (non-hydrogen) atoms. The second-order valence-electron chi connectivity index (χ2n) is 5.61. The number of nitrogens with two attached hydrogens (primary N) is 1. The third-order valence-corrected chi connectivity index (χ3v) is 3.23. The molecule has 0 saturated carbocycles. The first-order chi connectivity index (χ1) is 9.90. The Balaban J connectivity index is 2.62. The number of esters is 1. The Labute approximate surface area is 125 Å². The maximum absolute atomic E-state index is 12.0. The van der Waals surface area contributed by atoms with Crippen molar-refractivity contribution in [2.45, 2.75) is 33.6 Å². The molecule has 0 aliphatic rings. The molecule has 0 aliphatic heterocycles. The third kappa shape index (κ3) is 5.19. The summed E-state index contributed by atoms with van der Waals surface area (Å²) in [6.07, 6.45) is 1.84. The molecule has 0 radical (unpaired) electrons. The number of ether oxygens (including phenoxy) is 1. The molecular formula is C16H24N2O3. The summed E-state index contributed by atoms with van der Waals surface area (Å²) in [5, 5.41) is 2.78. The van der Waals surface area contributed by atoms with Gasteiger partial charge in [-0.2, -0.15) is 0 Å². The monoisotopic (exact) mass is 292 g/mol. The fourth-order valence-electron chi connectivity index (χ4n) is 1.48. The topological polar surface area (TPSA) is 81.4 Å². The predicted molar refractivity (Wildman–Crippen MR) is 83.1 cm³/mol. The zero-order chi connectivity index (χ0) is 15.9. The van der Waals surface area contributed by atoms with E-state index in [-0.39, 0.29) is 18.4 Å². The van der Waals surface area contributed by atoms with Crippen molar-refractivity contribution in [3.63, 3.8) is 0 Å². The van der Waals surface area contributed by atoms with Crippen molar-refractivity contribution >= 4 is 17.6 Å². The van der Waals surface area contributed by atoms with E-state index in [1.165, 1.54) is 0 Å². The van der Waals surface area contributed by atoms with Crippen LogP contribution in [0.2, 0.25) is 0 Å². The molecule has 0 aromatic heterocycles. The maximum atomic E-state index is 12.0. The zero-order valence-corrected chi connectivity index (χ0v) is 12.9. The van der Waals surface area contributed by atoms with E-state index in [0.29, 0.717) is 17.9 Å². The zero-order valence-electron chi connectivity index (χ0n) is 12.9. The first-order valence-electron chi connectivity index (χ1n) is 7.19. The Morgan fingerprint density at radius 2 is 1.86 bits per heavy atom. The van der Waals surface area contributed by atoms with Gasteiger partial charge in [0.1, 0.15) is 0 Å². The average molecular weight is 292 g/mol. The van der Waals surface area contributed by atoms with Gasteiger partial charge >= 0.3 is 5.97 Å². The van der Waals surface area contributed by atoms with Gasteiger partial charge in [0.25, 0.3) is 0 Å². The smallest absolute Gasteiger partial charge is 0.338 e. The number of rotatable bonds is 7. The first-order valence-corrected chi connectivity index (χ1v) is 7.19. The van der Waals surface area contributed by atoms with Crippen molar-refractivity contribution in [2.24, 2.45) is 11.1 Å². The number of hydrogen-bond donors (Lipinski definition) is 2. The van der Waals surface area contributed by atoms with Gasteiger partial charge < -0.3 is 15.8 Å². The number of nitrogens with one attached hydrogen (secondary N) is 1. The van der Waals surface area contributed by atoms with Crippen molar-refractivity contribution in [2.75, 3.05) is 18.5 Å². The van der Waals surface area contributed by atoms with E-state index in [1.807, 2.05) is 6.92 Å². The summed E-state index contributed by atoms with van der Waals surface area (Å²) < 4.78 is 5.12. The summed E-state index contributed by atoms with van der Waals surface area (Å²) >= 11 is 0. The van der Waals surface area contributed by atoms with E-state index < -0.39 is 5.41 Å². The fraction of sp³-hybridized carbons (Fsp3) is 0.500. The average Bonchev–Trinajstić information content (AvgIpc) is 2.48. The highest BCUT2D eigenvalue weighted by atomic mass is 16.5. The Bertz CT molecular complexity index is 481. The molecule has 1 aromatic rings. The highest BCUT2D eigenvalue weighted by molar-refractivity contribution is 5.96. The first kappa shape index (κ1) is 17.2. The van der Waals surface area contributed by atoms with Crippen LogP contribution in [-0.2, 0) is 9.53 Å². The second kappa shape index (κ2) is 7.78. The van der Waals surface area contributed by atoms with Gasteiger partial charge in [-0.3, -0.25) is 4.79 Å². The molecule has 3 N–H and O–H groups in total. The summed E-state index contributed by atoms with van der Waals surface area (Å²) in [6, 6.07) is 6.64. The molecule has 1 amide bonds. The van der Waals surface area contributed by atoms with E-state index >= 15 is 0 Å². The van der Waals surface area contributed by atoms with Gasteiger partial charge in [-0.25, -0.2) is 4.79 Å². The van der Waals surface area contributed by atoms with Gasteiger partial charge in [-0.1, -0.05) is 13.3 Å². The minimum absolute atomic E-state index is 0.150. The number of unbranched alkanes of at least 4 members (excludes halogenated alkanes) is 1. The lowest BCUT2D eigenvalue weighted by atomic mass is 9.92. The minimum atomic E-state index is -0.627. The summed E-state index contributed by atoms with van der Waals surface area (Å²) in [5.41, 5.74) is 6.04. The van der Waals surface area contributed by atoms with Crippen LogP contribution in [0.4, 0.5) is 5.69 Å². The SMILES string of the molecule is CCCCOC(=O)c1ccc(NC(=O)C(C)(C)CN)cc1. The van der Waals surface area contributed by atoms with Crippen LogP contribution in [0.1, 0.15) is 44.0 Å². The van der Waals surface area contributed by atoms with Crippen LogP contribution in [-0.4, -0.2) is 25.0 Å². The molecule has 5 nitrogen and oxygen atoms in total. The van der Waals surface area contributed by atoms with E-state index in [2.05, 4.69) is 5.32 Å². The molecule has 0 heterocycles. The lowest BCUT2D eigenvalue weighted by molar-refractivity contribution is -0.123. The normalized spacial score (nSPS) is 11.0. The molecule has 0 saturated heterocycles. The molecular weight excluding hydrogens is 268 g/mol. The van der Waals surface area contributed by atoms with Crippen LogP contribution in [0, 0.1) is 5.41 Å². The Hall–Kier alpha value is -1.88. The highest BCUT2D eigenvalue weighted by Gasteiger charge is 2.25. The second-order valence-corrected chi connectivity index (χ2v) is 5.61. The molecule has 0 aliphatic carbocycles. The number of carbonyl (C=O) groups excluding carboxylic acids is 2. The van der Waals surface area contributed by atoms with Gasteiger partial charge in [0.2, 0.25) is 5.91 Å². The molecule has 1 rings (SSSR count). The van der Waals surface area contributed by atoms with Crippen LogP contribution in [0.15, 0.2) is 24.3 Å². The quantitative estimate of drug-likeness (QED) is 0.598. The van der Waals surface area contributed by atoms with Crippen LogP contribution in [0.25, 0.3) is 0 Å². The molecule has 1 aromatic carbocycles. The van der Waals surface area contributed by atoms with Gasteiger partial charge in [0.15, 0.2) is 0 Å². The fourth-order valence-corrected chi connectivity index (χ4v) is 1.48. The van der Waals surface area contributed by atoms with Crippen molar-refractivity contribution < 1.29 is 14.3 Å². The molecule has 0 unspecified atom stereocenters. The third-order valence-electron chi connectivity index (χ3n) is 3.23. The number of hydrogen-bond acceptors (Lipinski definition) is 4. The van der Waals surface area contributed by atoms with Crippen LogP contribution in [0.5, 0.6) is 0 Å². The van der Waals surface area contributed by atoms with Gasteiger partial charge in [0.05, 0.1) is 17.6 Å². The van der Waals surface area contributed by atoms with Gasteiger partial charge in [-0.15, -0.1) is 0 Å². The lowest BCUT2D eigenvalue weighted by Gasteiger charge is -2.21. The van der Waals surface area contributed by atoms with Crippen LogP contribution < -0.4 is 11.1 Å².